The van der Waals surface area contributed by atoms with Crippen molar-refractivity contribution >= 4 is 34.5 Å². The molecular formula is C18H16N4O3+2. The Bertz CT molecular complexity index is 1010. The van der Waals surface area contributed by atoms with Gasteiger partial charge in [0.1, 0.15) is 11.4 Å². The molecule has 3 N–H and O–H groups in total. The molecular weight excluding hydrogens is 320 g/mol. The highest BCUT2D eigenvalue weighted by Crippen LogP contribution is 2.25. The molecule has 1 aliphatic heterocycles. The van der Waals surface area contributed by atoms with Gasteiger partial charge in [0.2, 0.25) is 0 Å². The van der Waals surface area contributed by atoms with E-state index in [2.05, 4.69) is 4.98 Å². The number of rotatable bonds is 3. The number of hydrogen-bond donors (Lipinski definition) is 1. The number of nitrogens with zero attached hydrogens (tertiary/aromatic N) is 2. The molecule has 3 aromatic rings. The van der Waals surface area contributed by atoms with Crippen molar-refractivity contribution in [2.24, 2.45) is 0 Å². The van der Waals surface area contributed by atoms with Gasteiger partial charge in [-0.15, -0.1) is 9.47 Å². The Kier molecular flexibility index (Phi) is 3.35. The third kappa shape index (κ3) is 2.20. The van der Waals surface area contributed by atoms with Crippen LogP contribution in [0, 0.1) is 0 Å². The highest BCUT2D eigenvalue weighted by molar-refractivity contribution is 6.22. The van der Waals surface area contributed by atoms with Crippen LogP contribution in [0.5, 0.6) is 5.75 Å². The first-order chi connectivity index (χ1) is 12.1. The summed E-state index contributed by atoms with van der Waals surface area (Å²) in [5.41, 5.74) is 7.87. The van der Waals surface area contributed by atoms with Crippen LogP contribution in [-0.4, -0.2) is 18.5 Å². The van der Waals surface area contributed by atoms with Crippen molar-refractivity contribution in [3.8, 4) is 5.75 Å². The zero-order valence-corrected chi connectivity index (χ0v) is 13.5. The van der Waals surface area contributed by atoms with Crippen LogP contribution in [0.3, 0.4) is 0 Å². The monoisotopic (exact) mass is 336 g/mol. The van der Waals surface area contributed by atoms with Gasteiger partial charge in [-0.2, -0.15) is 4.79 Å². The molecule has 0 aliphatic carbocycles. The normalized spacial score (nSPS) is 13.4. The number of amides is 2. The molecule has 0 saturated carbocycles. The minimum absolute atomic E-state index is 0.137. The maximum Gasteiger partial charge on any atom is 0.512 e. The lowest BCUT2D eigenvalue weighted by Crippen LogP contribution is -2.48. The molecule has 0 atom stereocenters. The molecule has 2 amide bonds. The lowest BCUT2D eigenvalue weighted by Gasteiger charge is -2.06. The van der Waals surface area contributed by atoms with Crippen molar-refractivity contribution in [3.05, 3.63) is 54.2 Å². The van der Waals surface area contributed by atoms with Crippen LogP contribution in [0.4, 0.5) is 16.3 Å². The standard InChI is InChI=1S/C18H14N4O3/c1-2-25-12-9-7-11(8-10-12)21-17(23)15-16(19)20-13-5-3-4-6-14(13)22(15)18(21)24/h3-10H,2H2,1H3,(H-,19,20,23)/p+2. The van der Waals surface area contributed by atoms with E-state index in [4.69, 9.17) is 10.5 Å². The topological polar surface area (TPSA) is 90.7 Å². The molecule has 0 bridgehead atoms. The number of nitrogen functional groups attached to an aromatic ring is 1. The number of ether oxygens (including phenoxy) is 1. The first-order valence-corrected chi connectivity index (χ1v) is 7.89. The second-order valence-electron chi connectivity index (χ2n) is 5.59. The summed E-state index contributed by atoms with van der Waals surface area (Å²) in [4.78, 5) is 29.9. The second-order valence-corrected chi connectivity index (χ2v) is 5.59. The fraction of sp³-hybridized carbons (Fsp3) is 0.111. The molecule has 2 heterocycles. The molecule has 25 heavy (non-hydrogen) atoms. The van der Waals surface area contributed by atoms with Crippen LogP contribution >= 0.6 is 0 Å². The Labute approximate surface area is 143 Å². The zero-order valence-electron chi connectivity index (χ0n) is 13.5. The van der Waals surface area contributed by atoms with Crippen molar-refractivity contribution in [3.63, 3.8) is 0 Å². The quantitative estimate of drug-likeness (QED) is 0.735. The predicted molar refractivity (Wildman–Crippen MR) is 90.3 cm³/mol. The number of nitrogens with one attached hydrogen (secondary N) is 1. The number of carbonyl (C=O) groups is 2. The van der Waals surface area contributed by atoms with Crippen molar-refractivity contribution in [2.75, 3.05) is 17.2 Å². The number of carbonyl (C=O) groups excluding carboxylic acids is 2. The van der Waals surface area contributed by atoms with Gasteiger partial charge in [0, 0.05) is 0 Å². The third-order valence-corrected chi connectivity index (χ3v) is 4.09. The van der Waals surface area contributed by atoms with Crippen molar-refractivity contribution in [1.29, 1.82) is 0 Å². The third-order valence-electron chi connectivity index (χ3n) is 4.09. The van der Waals surface area contributed by atoms with Crippen LogP contribution in [-0.2, 0) is 0 Å². The average Bonchev–Trinajstić information content (AvgIpc) is 2.88. The molecule has 0 saturated heterocycles. The molecule has 0 spiro atoms. The average molecular weight is 336 g/mol. The molecule has 1 aliphatic rings. The maximum atomic E-state index is 13.0. The summed E-state index contributed by atoms with van der Waals surface area (Å²) in [6.45, 7) is 2.43. The first-order valence-electron chi connectivity index (χ1n) is 7.89. The summed E-state index contributed by atoms with van der Waals surface area (Å²) in [5.74, 6) is 0.368. The van der Waals surface area contributed by atoms with E-state index in [1.54, 1.807) is 42.5 Å². The molecule has 4 rings (SSSR count). The number of imide groups is 1. The lowest BCUT2D eigenvalue weighted by atomic mass is 10.2. The summed E-state index contributed by atoms with van der Waals surface area (Å²) in [5, 5.41) is 0. The number of H-pyrrole nitrogens is 1. The summed E-state index contributed by atoms with van der Waals surface area (Å²) in [7, 11) is 0. The molecule has 0 fully saturated rings. The van der Waals surface area contributed by atoms with E-state index in [1.807, 2.05) is 13.0 Å². The van der Waals surface area contributed by atoms with E-state index in [9.17, 15) is 9.59 Å². The Morgan fingerprint density at radius 1 is 1.12 bits per heavy atom. The number of benzene rings is 2. The molecule has 2 aromatic carbocycles. The highest BCUT2D eigenvalue weighted by Gasteiger charge is 2.51. The van der Waals surface area contributed by atoms with E-state index >= 15 is 0 Å². The van der Waals surface area contributed by atoms with Gasteiger partial charge in [-0.1, -0.05) is 12.1 Å². The van der Waals surface area contributed by atoms with E-state index in [0.717, 1.165) is 4.90 Å². The summed E-state index contributed by atoms with van der Waals surface area (Å²) < 4.78 is 6.74. The number of nitrogens with two attached hydrogens (primary N) is 1. The second kappa shape index (κ2) is 5.55. The van der Waals surface area contributed by atoms with Crippen molar-refractivity contribution in [2.45, 2.75) is 6.92 Å². The van der Waals surface area contributed by atoms with Gasteiger partial charge in [0.25, 0.3) is 0 Å². The van der Waals surface area contributed by atoms with Crippen LogP contribution in [0.1, 0.15) is 17.4 Å². The van der Waals surface area contributed by atoms with Crippen LogP contribution in [0.15, 0.2) is 48.5 Å². The summed E-state index contributed by atoms with van der Waals surface area (Å²) in [6.07, 6.45) is 0. The number of anilines is 2. The number of aromatic nitrogens is 2. The summed E-state index contributed by atoms with van der Waals surface area (Å²) in [6, 6.07) is 13.5. The van der Waals surface area contributed by atoms with Crippen LogP contribution in [0.2, 0.25) is 0 Å². The minimum Gasteiger partial charge on any atom is -0.494 e. The summed E-state index contributed by atoms with van der Waals surface area (Å²) >= 11 is 0. The number of hydrogen-bond acceptors (Lipinski definition) is 4. The number of fused-ring (bicyclic) bond motifs is 3. The Hall–Kier alpha value is -3.48. The fourth-order valence-electron chi connectivity index (χ4n) is 3.01. The van der Waals surface area contributed by atoms with Crippen molar-refractivity contribution in [1.82, 2.24) is 0 Å². The molecule has 7 heteroatoms. The first kappa shape index (κ1) is 15.1. The number of aromatic amines is 1. The van der Waals surface area contributed by atoms with Gasteiger partial charge in [0.15, 0.2) is 11.0 Å². The van der Waals surface area contributed by atoms with Crippen LogP contribution < -0.4 is 24.9 Å². The van der Waals surface area contributed by atoms with E-state index < -0.39 is 11.9 Å². The van der Waals surface area contributed by atoms with E-state index in [1.165, 1.54) is 4.57 Å². The SMILES string of the molecule is CCOc1ccc(N2C(=O)c3c(N)[nH+]c4ccccc4[n+]3C2=O)cc1. The Morgan fingerprint density at radius 2 is 1.84 bits per heavy atom. The maximum absolute atomic E-state index is 13.0. The Morgan fingerprint density at radius 3 is 2.56 bits per heavy atom. The smallest absolute Gasteiger partial charge is 0.494 e. The van der Waals surface area contributed by atoms with Gasteiger partial charge in [-0.05, 0) is 43.3 Å². The molecule has 7 nitrogen and oxygen atoms in total. The van der Waals surface area contributed by atoms with Crippen molar-refractivity contribution < 1.29 is 23.9 Å². The van der Waals surface area contributed by atoms with Crippen LogP contribution in [0.25, 0.3) is 11.0 Å². The number of para-hydroxylation sites is 2. The highest BCUT2D eigenvalue weighted by atomic mass is 16.5. The van der Waals surface area contributed by atoms with Gasteiger partial charge in [-0.3, -0.25) is 5.73 Å². The molecule has 124 valence electrons. The molecule has 1 aromatic heterocycles. The van der Waals surface area contributed by atoms with Gasteiger partial charge in [0.05, 0.1) is 6.61 Å². The van der Waals surface area contributed by atoms with E-state index in [-0.39, 0.29) is 11.5 Å². The molecule has 0 radical (unpaired) electrons. The predicted octanol–water partition coefficient (Wildman–Crippen LogP) is 1.55. The van der Waals surface area contributed by atoms with Gasteiger partial charge in [-0.25, -0.2) is 9.78 Å². The largest absolute Gasteiger partial charge is 0.512 e. The Balaban J connectivity index is 1.85. The fourth-order valence-corrected chi connectivity index (χ4v) is 3.01. The zero-order chi connectivity index (χ0) is 17.6. The lowest BCUT2D eigenvalue weighted by molar-refractivity contribution is -0.548. The van der Waals surface area contributed by atoms with E-state index in [0.29, 0.717) is 29.1 Å². The van der Waals surface area contributed by atoms with Gasteiger partial charge >= 0.3 is 23.5 Å². The minimum atomic E-state index is -0.464. The van der Waals surface area contributed by atoms with Gasteiger partial charge < -0.3 is 4.74 Å². The molecule has 0 unspecified atom stereocenters.